The lowest BCUT2D eigenvalue weighted by atomic mass is 10.1. The van der Waals surface area contributed by atoms with Crippen molar-refractivity contribution in [1.82, 2.24) is 20.2 Å². The summed E-state index contributed by atoms with van der Waals surface area (Å²) in [6.07, 6.45) is 2.03. The largest absolute Gasteiger partial charge is 0.453 e. The summed E-state index contributed by atoms with van der Waals surface area (Å²) in [5.74, 6) is 0.143. The maximum atomic E-state index is 12.3. The van der Waals surface area contributed by atoms with E-state index in [0.29, 0.717) is 10.7 Å². The first-order chi connectivity index (χ1) is 11.7. The molecule has 0 atom stereocenters. The second-order valence-electron chi connectivity index (χ2n) is 5.36. The highest BCUT2D eigenvalue weighted by atomic mass is 32.1. The molecule has 6 nitrogen and oxygen atoms in total. The van der Waals surface area contributed by atoms with Gasteiger partial charge >= 0.3 is 5.97 Å². The van der Waals surface area contributed by atoms with Gasteiger partial charge in [-0.15, -0.1) is 16.4 Å². The molecule has 1 aromatic carbocycles. The van der Waals surface area contributed by atoms with Crippen LogP contribution >= 0.6 is 11.3 Å². The van der Waals surface area contributed by atoms with Crippen molar-refractivity contribution in [3.05, 3.63) is 57.5 Å². The predicted molar refractivity (Wildman–Crippen MR) is 91.3 cm³/mol. The van der Waals surface area contributed by atoms with E-state index in [1.807, 2.05) is 43.3 Å². The summed E-state index contributed by atoms with van der Waals surface area (Å²) in [5, 5.41) is 11.6. The van der Waals surface area contributed by atoms with Crippen LogP contribution in [0, 0.1) is 6.92 Å². The zero-order valence-electron chi connectivity index (χ0n) is 13.6. The normalized spacial score (nSPS) is 10.8. The van der Waals surface area contributed by atoms with Gasteiger partial charge in [-0.1, -0.05) is 31.5 Å². The molecule has 0 aliphatic carbocycles. The average molecular weight is 342 g/mol. The highest BCUT2D eigenvalue weighted by Gasteiger charge is 2.16. The van der Waals surface area contributed by atoms with Crippen molar-refractivity contribution < 1.29 is 9.53 Å². The van der Waals surface area contributed by atoms with Gasteiger partial charge in [-0.05, 0) is 47.5 Å². The summed E-state index contributed by atoms with van der Waals surface area (Å²) in [6, 6.07) is 11.4. The van der Waals surface area contributed by atoms with Crippen molar-refractivity contribution >= 4 is 17.3 Å². The fourth-order valence-electron chi connectivity index (χ4n) is 2.40. The average Bonchev–Trinajstić information content (AvgIpc) is 3.21. The van der Waals surface area contributed by atoms with E-state index in [0.717, 1.165) is 23.4 Å². The number of aromatic nitrogens is 4. The van der Waals surface area contributed by atoms with E-state index >= 15 is 0 Å². The molecule has 0 spiro atoms. The van der Waals surface area contributed by atoms with Gasteiger partial charge in [-0.25, -0.2) is 4.79 Å². The summed E-state index contributed by atoms with van der Waals surface area (Å²) >= 11 is 1.47. The summed E-state index contributed by atoms with van der Waals surface area (Å²) in [5.41, 5.74) is 2.04. The topological polar surface area (TPSA) is 69.9 Å². The number of carbonyl (C=O) groups excluding carboxylic acids is 1. The Morgan fingerprint density at radius 1 is 1.29 bits per heavy atom. The van der Waals surface area contributed by atoms with Crippen LogP contribution in [0.5, 0.6) is 0 Å². The summed E-state index contributed by atoms with van der Waals surface area (Å²) < 4.78 is 6.95. The van der Waals surface area contributed by atoms with E-state index in [4.69, 9.17) is 4.74 Å². The molecule has 0 amide bonds. The van der Waals surface area contributed by atoms with E-state index in [1.54, 1.807) is 4.68 Å². The predicted octanol–water partition coefficient (Wildman–Crippen LogP) is 3.34. The quantitative estimate of drug-likeness (QED) is 0.643. The highest BCUT2D eigenvalue weighted by Crippen LogP contribution is 2.23. The molecule has 0 N–H and O–H groups in total. The van der Waals surface area contributed by atoms with Crippen LogP contribution < -0.4 is 0 Å². The van der Waals surface area contributed by atoms with Crippen molar-refractivity contribution in [1.29, 1.82) is 0 Å². The third kappa shape index (κ3) is 3.51. The van der Waals surface area contributed by atoms with Crippen LogP contribution in [-0.2, 0) is 17.8 Å². The van der Waals surface area contributed by atoms with Crippen LogP contribution in [0.15, 0.2) is 36.4 Å². The van der Waals surface area contributed by atoms with Gasteiger partial charge in [0.2, 0.25) is 0 Å². The van der Waals surface area contributed by atoms with Crippen LogP contribution in [-0.4, -0.2) is 26.2 Å². The third-order valence-corrected chi connectivity index (χ3v) is 4.68. The van der Waals surface area contributed by atoms with Crippen LogP contribution in [0.25, 0.3) is 5.69 Å². The number of hydrogen-bond acceptors (Lipinski definition) is 6. The highest BCUT2D eigenvalue weighted by molar-refractivity contribution is 7.14. The summed E-state index contributed by atoms with van der Waals surface area (Å²) in [6.45, 7) is 4.18. The molecule has 3 rings (SSSR count). The fourth-order valence-corrected chi connectivity index (χ4v) is 3.37. The molecule has 0 unspecified atom stereocenters. The Morgan fingerprint density at radius 3 is 2.83 bits per heavy atom. The van der Waals surface area contributed by atoms with Crippen molar-refractivity contribution in [2.75, 3.05) is 0 Å². The van der Waals surface area contributed by atoms with E-state index in [2.05, 4.69) is 22.4 Å². The van der Waals surface area contributed by atoms with E-state index < -0.39 is 0 Å². The number of para-hydroxylation sites is 1. The third-order valence-electron chi connectivity index (χ3n) is 3.61. The maximum absolute atomic E-state index is 12.3. The molecule has 2 aromatic heterocycles. The summed E-state index contributed by atoms with van der Waals surface area (Å²) in [4.78, 5) is 14.1. The second kappa shape index (κ2) is 7.35. The van der Waals surface area contributed by atoms with Crippen LogP contribution in [0.1, 0.15) is 39.3 Å². The molecular formula is C17H18N4O2S. The van der Waals surface area contributed by atoms with Gasteiger partial charge in [0.15, 0.2) is 12.4 Å². The van der Waals surface area contributed by atoms with E-state index in [1.165, 1.54) is 16.9 Å². The number of ether oxygens (including phenoxy) is 1. The van der Waals surface area contributed by atoms with Gasteiger partial charge < -0.3 is 4.74 Å². The molecule has 0 radical (unpaired) electrons. The molecule has 0 bridgehead atoms. The molecule has 0 aliphatic heterocycles. The molecule has 124 valence electrons. The first-order valence-corrected chi connectivity index (χ1v) is 8.59. The monoisotopic (exact) mass is 342 g/mol. The Morgan fingerprint density at radius 2 is 2.08 bits per heavy atom. The van der Waals surface area contributed by atoms with Crippen molar-refractivity contribution in [2.45, 2.75) is 33.3 Å². The van der Waals surface area contributed by atoms with Gasteiger partial charge in [0.05, 0.1) is 5.69 Å². The van der Waals surface area contributed by atoms with Crippen LogP contribution in [0.2, 0.25) is 0 Å². The number of carbonyl (C=O) groups is 1. The molecule has 0 aliphatic rings. The smallest absolute Gasteiger partial charge is 0.348 e. The van der Waals surface area contributed by atoms with Gasteiger partial charge in [-0.2, -0.15) is 4.68 Å². The van der Waals surface area contributed by atoms with E-state index in [9.17, 15) is 4.79 Å². The zero-order chi connectivity index (χ0) is 16.9. The number of thiophene rings is 1. The van der Waals surface area contributed by atoms with Gasteiger partial charge in [0.1, 0.15) is 4.88 Å². The lowest BCUT2D eigenvalue weighted by Gasteiger charge is -2.05. The minimum atomic E-state index is -0.340. The molecule has 0 fully saturated rings. The molecule has 0 saturated heterocycles. The Labute approximate surface area is 144 Å². The number of tetrazole rings is 1. The number of aryl methyl sites for hydroxylation is 2. The SMILES string of the molecule is CCCc1cc(C(=O)OCc2nnnn2-c2ccccc2)sc1C. The molecule has 24 heavy (non-hydrogen) atoms. The Bertz CT molecular complexity index is 826. The first kappa shape index (κ1) is 16.3. The minimum absolute atomic E-state index is 0.0286. The Balaban J connectivity index is 1.69. The number of hydrogen-bond donors (Lipinski definition) is 0. The number of rotatable bonds is 6. The molecular weight excluding hydrogens is 324 g/mol. The van der Waals surface area contributed by atoms with Crippen molar-refractivity contribution in [3.63, 3.8) is 0 Å². The maximum Gasteiger partial charge on any atom is 0.348 e. The van der Waals surface area contributed by atoms with Gasteiger partial charge in [0.25, 0.3) is 0 Å². The molecule has 7 heteroatoms. The van der Waals surface area contributed by atoms with Crippen molar-refractivity contribution in [3.8, 4) is 5.69 Å². The van der Waals surface area contributed by atoms with Gasteiger partial charge in [0, 0.05) is 4.88 Å². The fraction of sp³-hybridized carbons (Fsp3) is 0.294. The second-order valence-corrected chi connectivity index (χ2v) is 6.62. The van der Waals surface area contributed by atoms with Crippen LogP contribution in [0.4, 0.5) is 0 Å². The summed E-state index contributed by atoms with van der Waals surface area (Å²) in [7, 11) is 0. The minimum Gasteiger partial charge on any atom is -0.453 e. The zero-order valence-corrected chi connectivity index (χ0v) is 14.4. The molecule has 3 aromatic rings. The van der Waals surface area contributed by atoms with E-state index in [-0.39, 0.29) is 12.6 Å². The lowest BCUT2D eigenvalue weighted by molar-refractivity contribution is 0.0465. The van der Waals surface area contributed by atoms with Crippen LogP contribution in [0.3, 0.4) is 0 Å². The number of nitrogens with zero attached hydrogens (tertiary/aromatic N) is 4. The van der Waals surface area contributed by atoms with Crippen molar-refractivity contribution in [2.24, 2.45) is 0 Å². The lowest BCUT2D eigenvalue weighted by Crippen LogP contribution is -2.09. The standard InChI is InChI=1S/C17H18N4O2S/c1-3-7-13-10-15(24-12(13)2)17(22)23-11-16-18-19-20-21(16)14-8-5-4-6-9-14/h4-6,8-10H,3,7,11H2,1-2H3. The van der Waals surface area contributed by atoms with Gasteiger partial charge in [-0.3, -0.25) is 0 Å². The molecule has 2 heterocycles. The Kier molecular flexibility index (Phi) is 5.00. The number of benzene rings is 1. The Hall–Kier alpha value is -2.54. The first-order valence-electron chi connectivity index (χ1n) is 7.78. The number of esters is 1. The molecule has 0 saturated carbocycles.